The molecule has 0 aliphatic carbocycles. The number of carbonyl (C=O) groups excluding carboxylic acids is 2. The van der Waals surface area contributed by atoms with Crippen molar-refractivity contribution in [3.63, 3.8) is 0 Å². The molecule has 1 atom stereocenters. The summed E-state index contributed by atoms with van der Waals surface area (Å²) in [5.74, 6) is -0.0218. The Morgan fingerprint density at radius 1 is 1.12 bits per heavy atom. The van der Waals surface area contributed by atoms with Crippen LogP contribution < -0.4 is 24.4 Å². The van der Waals surface area contributed by atoms with E-state index in [2.05, 4.69) is 10.0 Å². The Balaban J connectivity index is 1.71. The standard InChI is InChI=1S/C24H31N3O6S/c1-24(2,3)26-34(30,31)21-9-7-6-8-16(21)14-25-23(29)17-12-22(28)27(15-17)19-11-10-18(32-4)13-20(19)33-5/h6-11,13,17,26H,12,14-15H2,1-5H3,(H,25,29). The van der Waals surface area contributed by atoms with E-state index in [0.717, 1.165) is 0 Å². The first-order valence-electron chi connectivity index (χ1n) is 10.9. The minimum absolute atomic E-state index is 0.0244. The Bertz CT molecular complexity index is 1170. The van der Waals surface area contributed by atoms with Crippen LogP contribution in [0.1, 0.15) is 32.8 Å². The smallest absolute Gasteiger partial charge is 0.241 e. The number of amides is 2. The number of benzene rings is 2. The van der Waals surface area contributed by atoms with E-state index in [1.54, 1.807) is 64.3 Å². The van der Waals surface area contributed by atoms with Crippen LogP contribution in [-0.2, 0) is 26.2 Å². The second-order valence-corrected chi connectivity index (χ2v) is 10.8. The number of ether oxygens (including phenoxy) is 2. The summed E-state index contributed by atoms with van der Waals surface area (Å²) in [4.78, 5) is 27.2. The molecule has 1 aliphatic rings. The number of nitrogens with one attached hydrogen (secondary N) is 2. The van der Waals surface area contributed by atoms with Crippen molar-refractivity contribution in [1.82, 2.24) is 10.0 Å². The van der Waals surface area contributed by atoms with Gasteiger partial charge in [0, 0.05) is 31.1 Å². The van der Waals surface area contributed by atoms with Gasteiger partial charge in [-0.05, 0) is 44.5 Å². The van der Waals surface area contributed by atoms with E-state index in [4.69, 9.17) is 9.47 Å². The van der Waals surface area contributed by atoms with Gasteiger partial charge in [0.1, 0.15) is 11.5 Å². The Morgan fingerprint density at radius 3 is 2.47 bits per heavy atom. The van der Waals surface area contributed by atoms with E-state index < -0.39 is 21.5 Å². The van der Waals surface area contributed by atoms with E-state index in [1.165, 1.54) is 18.1 Å². The van der Waals surface area contributed by atoms with Gasteiger partial charge in [0.2, 0.25) is 21.8 Å². The molecule has 1 heterocycles. The zero-order valence-corrected chi connectivity index (χ0v) is 20.9. The third kappa shape index (κ3) is 5.87. The van der Waals surface area contributed by atoms with Gasteiger partial charge in [-0.3, -0.25) is 9.59 Å². The van der Waals surface area contributed by atoms with Crippen LogP contribution in [0.5, 0.6) is 11.5 Å². The lowest BCUT2D eigenvalue weighted by Gasteiger charge is -2.22. The molecule has 2 N–H and O–H groups in total. The first-order valence-corrected chi connectivity index (χ1v) is 12.4. The van der Waals surface area contributed by atoms with Gasteiger partial charge < -0.3 is 19.7 Å². The molecule has 184 valence electrons. The quantitative estimate of drug-likeness (QED) is 0.589. The van der Waals surface area contributed by atoms with Gasteiger partial charge in [-0.15, -0.1) is 0 Å². The molecule has 1 fully saturated rings. The lowest BCUT2D eigenvalue weighted by molar-refractivity contribution is -0.126. The van der Waals surface area contributed by atoms with Crippen LogP contribution >= 0.6 is 0 Å². The maximum atomic E-state index is 12.9. The van der Waals surface area contributed by atoms with Crippen LogP contribution in [0.3, 0.4) is 0 Å². The van der Waals surface area contributed by atoms with Crippen LogP contribution in [-0.4, -0.2) is 46.5 Å². The van der Waals surface area contributed by atoms with Crippen molar-refractivity contribution >= 4 is 27.5 Å². The van der Waals surface area contributed by atoms with Gasteiger partial charge in [-0.1, -0.05) is 18.2 Å². The van der Waals surface area contributed by atoms with E-state index in [0.29, 0.717) is 22.7 Å². The topological polar surface area (TPSA) is 114 Å². The normalized spacial score (nSPS) is 16.4. The van der Waals surface area contributed by atoms with Crippen LogP contribution in [0.2, 0.25) is 0 Å². The number of nitrogens with zero attached hydrogens (tertiary/aromatic N) is 1. The van der Waals surface area contributed by atoms with Crippen molar-refractivity contribution in [2.45, 2.75) is 44.2 Å². The highest BCUT2D eigenvalue weighted by Gasteiger charge is 2.36. The Hall–Kier alpha value is -3.11. The number of methoxy groups -OCH3 is 2. The summed E-state index contributed by atoms with van der Waals surface area (Å²) in [7, 11) is -0.727. The first-order chi connectivity index (χ1) is 15.9. The van der Waals surface area contributed by atoms with Crippen molar-refractivity contribution in [1.29, 1.82) is 0 Å². The predicted molar refractivity (Wildman–Crippen MR) is 128 cm³/mol. The summed E-state index contributed by atoms with van der Waals surface area (Å²) < 4.78 is 38.9. The molecule has 0 radical (unpaired) electrons. The van der Waals surface area contributed by atoms with E-state index >= 15 is 0 Å². The maximum absolute atomic E-state index is 12.9. The molecule has 1 aliphatic heterocycles. The van der Waals surface area contributed by atoms with Crippen molar-refractivity contribution in [3.05, 3.63) is 48.0 Å². The molecule has 0 aromatic heterocycles. The summed E-state index contributed by atoms with van der Waals surface area (Å²) in [5, 5.41) is 2.79. The fourth-order valence-electron chi connectivity index (χ4n) is 3.82. The maximum Gasteiger partial charge on any atom is 0.241 e. The van der Waals surface area contributed by atoms with E-state index in [1.807, 2.05) is 0 Å². The monoisotopic (exact) mass is 489 g/mol. The summed E-state index contributed by atoms with van der Waals surface area (Å²) in [6.45, 7) is 5.50. The fraction of sp³-hybridized carbons (Fsp3) is 0.417. The number of hydrogen-bond acceptors (Lipinski definition) is 6. The van der Waals surface area contributed by atoms with Crippen LogP contribution in [0, 0.1) is 5.92 Å². The third-order valence-corrected chi connectivity index (χ3v) is 7.19. The van der Waals surface area contributed by atoms with Gasteiger partial charge in [0.25, 0.3) is 0 Å². The molecule has 9 nitrogen and oxygen atoms in total. The molecule has 1 saturated heterocycles. The van der Waals surface area contributed by atoms with Gasteiger partial charge in [0.05, 0.1) is 30.7 Å². The highest BCUT2D eigenvalue weighted by molar-refractivity contribution is 7.89. The van der Waals surface area contributed by atoms with Crippen molar-refractivity contribution in [2.75, 3.05) is 25.7 Å². The summed E-state index contributed by atoms with van der Waals surface area (Å²) in [6.07, 6.45) is 0.0482. The third-order valence-electron chi connectivity index (χ3n) is 5.33. The molecular weight excluding hydrogens is 458 g/mol. The molecule has 3 rings (SSSR count). The Labute approximate surface area is 200 Å². The molecule has 2 amide bonds. The highest BCUT2D eigenvalue weighted by atomic mass is 32.2. The zero-order chi connectivity index (χ0) is 25.1. The number of hydrogen-bond donors (Lipinski definition) is 2. The molecule has 0 bridgehead atoms. The van der Waals surface area contributed by atoms with E-state index in [-0.39, 0.29) is 36.2 Å². The Kier molecular flexibility index (Phi) is 7.52. The molecule has 1 unspecified atom stereocenters. The summed E-state index contributed by atoms with van der Waals surface area (Å²) in [6, 6.07) is 11.6. The van der Waals surface area contributed by atoms with Crippen molar-refractivity contribution < 1.29 is 27.5 Å². The number of anilines is 1. The van der Waals surface area contributed by atoms with Gasteiger partial charge in [-0.2, -0.15) is 0 Å². The number of carbonyl (C=O) groups is 2. The minimum Gasteiger partial charge on any atom is -0.497 e. The average Bonchev–Trinajstić information content (AvgIpc) is 3.17. The molecule has 2 aromatic carbocycles. The average molecular weight is 490 g/mol. The predicted octanol–water partition coefficient (Wildman–Crippen LogP) is 2.45. The van der Waals surface area contributed by atoms with Gasteiger partial charge in [0.15, 0.2) is 0 Å². The largest absolute Gasteiger partial charge is 0.497 e. The molecule has 0 spiro atoms. The Morgan fingerprint density at radius 2 is 1.82 bits per heavy atom. The highest BCUT2D eigenvalue weighted by Crippen LogP contribution is 2.35. The van der Waals surface area contributed by atoms with Crippen LogP contribution in [0.25, 0.3) is 0 Å². The lowest BCUT2D eigenvalue weighted by atomic mass is 10.1. The van der Waals surface area contributed by atoms with Crippen molar-refractivity contribution in [2.24, 2.45) is 5.92 Å². The lowest BCUT2D eigenvalue weighted by Crippen LogP contribution is -2.41. The second kappa shape index (κ2) is 10.0. The number of rotatable bonds is 8. The van der Waals surface area contributed by atoms with Crippen LogP contribution in [0.15, 0.2) is 47.4 Å². The molecular formula is C24H31N3O6S. The van der Waals surface area contributed by atoms with Crippen molar-refractivity contribution in [3.8, 4) is 11.5 Å². The summed E-state index contributed by atoms with van der Waals surface area (Å²) in [5.41, 5.74) is 0.379. The van der Waals surface area contributed by atoms with Gasteiger partial charge >= 0.3 is 0 Å². The second-order valence-electron chi connectivity index (χ2n) is 9.12. The van der Waals surface area contributed by atoms with Gasteiger partial charge in [-0.25, -0.2) is 13.1 Å². The molecule has 2 aromatic rings. The van der Waals surface area contributed by atoms with Crippen LogP contribution in [0.4, 0.5) is 5.69 Å². The molecule has 10 heteroatoms. The molecule has 0 saturated carbocycles. The summed E-state index contributed by atoms with van der Waals surface area (Å²) >= 11 is 0. The minimum atomic E-state index is -3.77. The zero-order valence-electron chi connectivity index (χ0n) is 20.0. The fourth-order valence-corrected chi connectivity index (χ4v) is 5.48. The number of sulfonamides is 1. The first kappa shape index (κ1) is 25.5. The molecule has 34 heavy (non-hydrogen) atoms. The van der Waals surface area contributed by atoms with E-state index in [9.17, 15) is 18.0 Å². The SMILES string of the molecule is COc1ccc(N2CC(C(=O)NCc3ccccc3S(=O)(=O)NC(C)(C)C)CC2=O)c(OC)c1.